The summed E-state index contributed by atoms with van der Waals surface area (Å²) in [7, 11) is 0. The molecule has 2 aliphatic rings. The molecule has 0 amide bonds. The zero-order valence-electron chi connectivity index (χ0n) is 21.1. The molecule has 4 heterocycles. The van der Waals surface area contributed by atoms with Crippen LogP contribution in [0.4, 0.5) is 26.3 Å². The van der Waals surface area contributed by atoms with E-state index in [1.54, 1.807) is 0 Å². The lowest BCUT2D eigenvalue weighted by atomic mass is 9.83. The number of carbonyl (C=O) groups is 2. The van der Waals surface area contributed by atoms with Crippen molar-refractivity contribution in [3.63, 3.8) is 0 Å². The van der Waals surface area contributed by atoms with E-state index in [0.29, 0.717) is 0 Å². The van der Waals surface area contributed by atoms with Gasteiger partial charge in [0.1, 0.15) is 5.82 Å². The molecule has 1 fully saturated rings. The summed E-state index contributed by atoms with van der Waals surface area (Å²) in [5.41, 5.74) is 1.47. The maximum absolute atomic E-state index is 10.6. The van der Waals surface area contributed by atoms with Gasteiger partial charge in [0.15, 0.2) is 0 Å². The van der Waals surface area contributed by atoms with E-state index in [1.165, 1.54) is 47.2 Å². The predicted molar refractivity (Wildman–Crippen MR) is 127 cm³/mol. The van der Waals surface area contributed by atoms with Gasteiger partial charge in [-0.25, -0.2) is 14.6 Å². The Morgan fingerprint density at radius 2 is 1.50 bits per heavy atom. The zero-order valence-corrected chi connectivity index (χ0v) is 21.9. The Morgan fingerprint density at radius 1 is 0.974 bits per heavy atom. The highest BCUT2D eigenvalue weighted by molar-refractivity contribution is 7.11. The van der Waals surface area contributed by atoms with Gasteiger partial charge in [0, 0.05) is 54.4 Å². The standard InChI is InChI=1S/C19H28N4S.2C2HF3O2/c1-4-22-11-12-23-15(2)13-20-18(23)19(22)7-9-21(10-8-19)14-17-6-5-16(3)24-17;2*3-2(4,5)1(6)7/h5-6,13H,4,7-12,14H2,1-3H3;2*(H,6,7). The van der Waals surface area contributed by atoms with Crippen LogP contribution in [-0.4, -0.2) is 80.0 Å². The molecule has 0 saturated carbocycles. The third-order valence-electron chi connectivity index (χ3n) is 6.40. The van der Waals surface area contributed by atoms with Gasteiger partial charge in [-0.1, -0.05) is 6.92 Å². The van der Waals surface area contributed by atoms with Crippen LogP contribution in [0.3, 0.4) is 0 Å². The second-order valence-corrected chi connectivity index (χ2v) is 10.3. The van der Waals surface area contributed by atoms with Crippen molar-refractivity contribution in [3.05, 3.63) is 39.6 Å². The fourth-order valence-electron chi connectivity index (χ4n) is 4.56. The van der Waals surface area contributed by atoms with Gasteiger partial charge in [0.2, 0.25) is 0 Å². The minimum absolute atomic E-state index is 0.156. The van der Waals surface area contributed by atoms with Crippen LogP contribution >= 0.6 is 11.3 Å². The lowest BCUT2D eigenvalue weighted by molar-refractivity contribution is -0.193. The summed E-state index contributed by atoms with van der Waals surface area (Å²) in [6.07, 6.45) is -5.71. The molecular formula is C23H30F6N4O4S. The molecule has 0 aliphatic carbocycles. The van der Waals surface area contributed by atoms with Crippen molar-refractivity contribution in [2.24, 2.45) is 0 Å². The number of nitrogens with zero attached hydrogens (tertiary/aromatic N) is 4. The normalized spacial score (nSPS) is 17.6. The third-order valence-corrected chi connectivity index (χ3v) is 7.38. The number of carboxylic acids is 2. The molecule has 0 bridgehead atoms. The van der Waals surface area contributed by atoms with E-state index in [1.807, 2.05) is 11.3 Å². The second-order valence-electron chi connectivity index (χ2n) is 8.88. The number of carboxylic acid groups (broad SMARTS) is 2. The maximum atomic E-state index is 10.6. The molecule has 0 radical (unpaired) electrons. The van der Waals surface area contributed by atoms with E-state index in [2.05, 4.69) is 53.5 Å². The molecule has 2 N–H and O–H groups in total. The minimum atomic E-state index is -5.08. The van der Waals surface area contributed by atoms with E-state index >= 15 is 0 Å². The number of piperidine rings is 1. The molecule has 1 saturated heterocycles. The van der Waals surface area contributed by atoms with Gasteiger partial charge in [0.05, 0.1) is 5.54 Å². The van der Waals surface area contributed by atoms with Crippen molar-refractivity contribution in [1.29, 1.82) is 0 Å². The average molecular weight is 573 g/mol. The van der Waals surface area contributed by atoms with Gasteiger partial charge in [-0.15, -0.1) is 11.3 Å². The van der Waals surface area contributed by atoms with Crippen LogP contribution in [-0.2, 0) is 28.2 Å². The Hall–Kier alpha value is -2.65. The summed E-state index contributed by atoms with van der Waals surface area (Å²) in [4.78, 5) is 30.9. The molecule has 2 aromatic rings. The zero-order chi connectivity index (χ0) is 28.9. The molecule has 15 heteroatoms. The number of aromatic nitrogens is 2. The van der Waals surface area contributed by atoms with Crippen LogP contribution in [0.5, 0.6) is 0 Å². The van der Waals surface area contributed by atoms with E-state index in [0.717, 1.165) is 26.2 Å². The summed E-state index contributed by atoms with van der Waals surface area (Å²) >= 11 is 1.94. The number of alkyl halides is 6. The summed E-state index contributed by atoms with van der Waals surface area (Å²) < 4.78 is 65.9. The van der Waals surface area contributed by atoms with Crippen molar-refractivity contribution in [2.75, 3.05) is 26.2 Å². The fourth-order valence-corrected chi connectivity index (χ4v) is 5.50. The number of aryl methyl sites for hydroxylation is 2. The molecule has 4 rings (SSSR count). The predicted octanol–water partition coefficient (Wildman–Crippen LogP) is 4.65. The quantitative estimate of drug-likeness (QED) is 0.517. The Kier molecular flexibility index (Phi) is 10.4. The van der Waals surface area contributed by atoms with E-state index in [-0.39, 0.29) is 5.54 Å². The van der Waals surface area contributed by atoms with Crippen molar-refractivity contribution in [2.45, 2.75) is 64.6 Å². The van der Waals surface area contributed by atoms with Crippen molar-refractivity contribution in [3.8, 4) is 0 Å². The first-order chi connectivity index (χ1) is 17.5. The number of likely N-dealkylation sites (N-methyl/N-ethyl adjacent to an activating group) is 1. The monoisotopic (exact) mass is 572 g/mol. The number of likely N-dealkylation sites (tertiary alicyclic amines) is 1. The van der Waals surface area contributed by atoms with Crippen LogP contribution in [0.15, 0.2) is 18.3 Å². The highest BCUT2D eigenvalue weighted by atomic mass is 32.1. The first kappa shape index (κ1) is 31.6. The number of imidazole rings is 1. The molecular weight excluding hydrogens is 542 g/mol. The van der Waals surface area contributed by atoms with Gasteiger partial charge >= 0.3 is 24.3 Å². The summed E-state index contributed by atoms with van der Waals surface area (Å²) in [6, 6.07) is 4.53. The van der Waals surface area contributed by atoms with Crippen LogP contribution in [0.25, 0.3) is 0 Å². The van der Waals surface area contributed by atoms with Crippen molar-refractivity contribution >= 4 is 23.3 Å². The number of aliphatic carboxylic acids is 2. The SMILES string of the molecule is CCN1CCn2c(C)cnc2C12CCN(Cc1ccc(C)s1)CC2.O=C(O)C(F)(F)F.O=C(O)C(F)(F)F. The molecule has 38 heavy (non-hydrogen) atoms. The first-order valence-corrected chi connectivity index (χ1v) is 12.5. The Balaban J connectivity index is 0.000000301. The summed E-state index contributed by atoms with van der Waals surface area (Å²) in [6.45, 7) is 13.5. The summed E-state index contributed by atoms with van der Waals surface area (Å²) in [5.74, 6) is -4.19. The highest BCUT2D eigenvalue weighted by Gasteiger charge is 2.46. The van der Waals surface area contributed by atoms with Crippen molar-refractivity contribution < 1.29 is 46.1 Å². The maximum Gasteiger partial charge on any atom is 0.490 e. The number of hydrogen-bond donors (Lipinski definition) is 2. The van der Waals surface area contributed by atoms with Crippen LogP contribution in [0.1, 0.15) is 41.0 Å². The first-order valence-electron chi connectivity index (χ1n) is 11.7. The average Bonchev–Trinajstić information content (AvgIpc) is 3.41. The number of hydrogen-bond acceptors (Lipinski definition) is 6. The number of halogens is 6. The molecule has 2 aliphatic heterocycles. The van der Waals surface area contributed by atoms with Gasteiger partial charge in [0.25, 0.3) is 0 Å². The van der Waals surface area contributed by atoms with E-state index in [4.69, 9.17) is 24.8 Å². The fraction of sp³-hybridized carbons (Fsp3) is 0.609. The van der Waals surface area contributed by atoms with Crippen LogP contribution in [0, 0.1) is 13.8 Å². The number of rotatable bonds is 3. The van der Waals surface area contributed by atoms with Crippen LogP contribution < -0.4 is 0 Å². The third kappa shape index (κ3) is 7.93. The Morgan fingerprint density at radius 3 is 1.92 bits per heavy atom. The van der Waals surface area contributed by atoms with Gasteiger partial charge < -0.3 is 14.8 Å². The molecule has 0 aromatic carbocycles. The van der Waals surface area contributed by atoms with Gasteiger partial charge in [-0.05, 0) is 45.4 Å². The second kappa shape index (κ2) is 12.5. The van der Waals surface area contributed by atoms with Gasteiger partial charge in [-0.3, -0.25) is 9.80 Å². The lowest BCUT2D eigenvalue weighted by Crippen LogP contribution is -2.57. The molecule has 214 valence electrons. The molecule has 2 aromatic heterocycles. The lowest BCUT2D eigenvalue weighted by Gasteiger charge is -2.50. The number of fused-ring (bicyclic) bond motifs is 2. The topological polar surface area (TPSA) is 98.9 Å². The molecule has 1 spiro atoms. The van der Waals surface area contributed by atoms with E-state index in [9.17, 15) is 26.3 Å². The summed E-state index contributed by atoms with van der Waals surface area (Å²) in [5, 5.41) is 14.2. The largest absolute Gasteiger partial charge is 0.490 e. The molecule has 0 atom stereocenters. The minimum Gasteiger partial charge on any atom is -0.475 e. The van der Waals surface area contributed by atoms with Crippen molar-refractivity contribution in [1.82, 2.24) is 19.4 Å². The molecule has 8 nitrogen and oxygen atoms in total. The Labute approximate surface area is 219 Å². The molecule has 0 unspecified atom stereocenters. The van der Waals surface area contributed by atoms with Gasteiger partial charge in [-0.2, -0.15) is 26.3 Å². The Bertz CT molecular complexity index is 1070. The smallest absolute Gasteiger partial charge is 0.475 e. The number of thiophene rings is 1. The van der Waals surface area contributed by atoms with E-state index < -0.39 is 24.3 Å². The van der Waals surface area contributed by atoms with Crippen LogP contribution in [0.2, 0.25) is 0 Å². The highest BCUT2D eigenvalue weighted by Crippen LogP contribution is 2.41.